The molecule has 0 spiro atoms. The topological polar surface area (TPSA) is 84.5 Å². The van der Waals surface area contributed by atoms with Crippen LogP contribution in [-0.2, 0) is 28.8 Å². The number of nitrogens with one attached hydrogen (secondary N) is 2. The molecule has 2 aromatic rings. The zero-order chi connectivity index (χ0) is 18.5. The van der Waals surface area contributed by atoms with E-state index in [9.17, 15) is 14.4 Å². The summed E-state index contributed by atoms with van der Waals surface area (Å²) >= 11 is 1.41. The zero-order valence-corrected chi connectivity index (χ0v) is 15.3. The normalized spacial score (nSPS) is 12.3. The zero-order valence-electron chi connectivity index (χ0n) is 14.5. The third-order valence-corrected chi connectivity index (χ3v) is 5.31. The van der Waals surface area contributed by atoms with Gasteiger partial charge in [0.1, 0.15) is 5.00 Å². The second-order valence-corrected chi connectivity index (χ2v) is 7.05. The average Bonchev–Trinajstić information content (AvgIpc) is 3.16. The lowest BCUT2D eigenvalue weighted by molar-refractivity contribution is -0.115. The summed E-state index contributed by atoms with van der Waals surface area (Å²) in [4.78, 5) is 37.6. The van der Waals surface area contributed by atoms with Crippen molar-refractivity contribution in [1.29, 1.82) is 0 Å². The number of benzene rings is 1. The number of rotatable bonds is 5. The van der Waals surface area contributed by atoms with Crippen molar-refractivity contribution in [1.82, 2.24) is 5.32 Å². The molecule has 3 rings (SSSR count). The molecular formula is C19H20N2O4S. The second kappa shape index (κ2) is 8.14. The highest BCUT2D eigenvalue weighted by Crippen LogP contribution is 2.39. The molecule has 0 bridgehead atoms. The third kappa shape index (κ3) is 4.11. The first-order chi connectivity index (χ1) is 12.6. The molecule has 1 aliphatic rings. The summed E-state index contributed by atoms with van der Waals surface area (Å²) in [7, 11) is 0. The summed E-state index contributed by atoms with van der Waals surface area (Å²) < 4.78 is 4.78. The maximum Gasteiger partial charge on any atom is 0.414 e. The fraction of sp³-hybridized carbons (Fsp3) is 0.316. The Morgan fingerprint density at radius 1 is 1.15 bits per heavy atom. The van der Waals surface area contributed by atoms with Crippen LogP contribution in [0.5, 0.6) is 0 Å². The molecule has 0 aliphatic heterocycles. The number of amides is 3. The molecule has 0 atom stereocenters. The van der Waals surface area contributed by atoms with E-state index < -0.39 is 12.0 Å². The van der Waals surface area contributed by atoms with Gasteiger partial charge in [-0.1, -0.05) is 30.3 Å². The molecule has 0 saturated heterocycles. The van der Waals surface area contributed by atoms with Gasteiger partial charge in [0.05, 0.1) is 18.6 Å². The van der Waals surface area contributed by atoms with Gasteiger partial charge < -0.3 is 10.1 Å². The van der Waals surface area contributed by atoms with Crippen molar-refractivity contribution >= 4 is 34.2 Å². The van der Waals surface area contributed by atoms with Crippen LogP contribution in [0.15, 0.2) is 30.3 Å². The van der Waals surface area contributed by atoms with Gasteiger partial charge in [-0.2, -0.15) is 0 Å². The van der Waals surface area contributed by atoms with Gasteiger partial charge in [-0.3, -0.25) is 14.9 Å². The van der Waals surface area contributed by atoms with Crippen LogP contribution in [0.1, 0.15) is 39.7 Å². The van der Waals surface area contributed by atoms with Crippen molar-refractivity contribution in [3.8, 4) is 0 Å². The minimum Gasteiger partial charge on any atom is -0.450 e. The van der Waals surface area contributed by atoms with Crippen LogP contribution < -0.4 is 10.6 Å². The lowest BCUT2D eigenvalue weighted by atomic mass is 10.1. The molecule has 136 valence electrons. The number of imide groups is 1. The summed E-state index contributed by atoms with van der Waals surface area (Å²) in [5, 5.41) is 5.57. The summed E-state index contributed by atoms with van der Waals surface area (Å²) in [6, 6.07) is 9.40. The number of carbonyl (C=O) groups excluding carboxylic acids is 3. The Labute approximate surface area is 155 Å². The van der Waals surface area contributed by atoms with E-state index in [1.54, 1.807) is 6.92 Å². The van der Waals surface area contributed by atoms with E-state index in [0.29, 0.717) is 10.6 Å². The van der Waals surface area contributed by atoms with Crippen LogP contribution in [0.4, 0.5) is 9.80 Å². The van der Waals surface area contributed by atoms with Gasteiger partial charge in [0, 0.05) is 4.88 Å². The van der Waals surface area contributed by atoms with Crippen LogP contribution in [0.3, 0.4) is 0 Å². The van der Waals surface area contributed by atoms with E-state index in [-0.39, 0.29) is 18.9 Å². The number of aryl methyl sites for hydroxylation is 1. The SMILES string of the molecule is CCOC(=O)NC(=O)c1c(NC(=O)Cc2ccccc2)sc2c1CCC2. The summed E-state index contributed by atoms with van der Waals surface area (Å²) in [5.74, 6) is -0.723. The summed E-state index contributed by atoms with van der Waals surface area (Å²) in [5.41, 5.74) is 2.20. The number of anilines is 1. The predicted octanol–water partition coefficient (Wildman–Crippen LogP) is 3.30. The molecule has 3 amide bonds. The number of alkyl carbamates (subject to hydrolysis) is 1. The third-order valence-electron chi connectivity index (χ3n) is 4.10. The molecule has 0 unspecified atom stereocenters. The van der Waals surface area contributed by atoms with Gasteiger partial charge in [-0.05, 0) is 37.3 Å². The number of hydrogen-bond donors (Lipinski definition) is 2. The summed E-state index contributed by atoms with van der Waals surface area (Å²) in [6.07, 6.45) is 2.07. The number of hydrogen-bond acceptors (Lipinski definition) is 5. The van der Waals surface area contributed by atoms with Crippen molar-refractivity contribution in [3.63, 3.8) is 0 Å². The van der Waals surface area contributed by atoms with Crippen LogP contribution >= 0.6 is 11.3 Å². The largest absolute Gasteiger partial charge is 0.450 e. The van der Waals surface area contributed by atoms with Gasteiger partial charge in [-0.25, -0.2) is 4.79 Å². The highest BCUT2D eigenvalue weighted by Gasteiger charge is 2.28. The molecule has 1 aliphatic carbocycles. The summed E-state index contributed by atoms with van der Waals surface area (Å²) in [6.45, 7) is 1.85. The van der Waals surface area contributed by atoms with Crippen molar-refractivity contribution in [2.45, 2.75) is 32.6 Å². The standard InChI is InChI=1S/C19H20N2O4S/c1-2-25-19(24)21-17(23)16-13-9-6-10-14(13)26-18(16)20-15(22)11-12-7-4-3-5-8-12/h3-5,7-8H,2,6,9-11H2,1H3,(H,20,22)(H,21,23,24). The van der Waals surface area contributed by atoms with Crippen LogP contribution in [0.25, 0.3) is 0 Å². The molecule has 0 fully saturated rings. The fourth-order valence-corrected chi connectivity index (χ4v) is 4.31. The molecule has 0 radical (unpaired) electrons. The van der Waals surface area contributed by atoms with E-state index in [1.807, 2.05) is 30.3 Å². The number of fused-ring (bicyclic) bond motifs is 1. The van der Waals surface area contributed by atoms with E-state index in [4.69, 9.17) is 4.74 Å². The monoisotopic (exact) mass is 372 g/mol. The van der Waals surface area contributed by atoms with Crippen LogP contribution in [-0.4, -0.2) is 24.5 Å². The lowest BCUT2D eigenvalue weighted by Crippen LogP contribution is -2.32. The quantitative estimate of drug-likeness (QED) is 0.843. The molecule has 1 aromatic carbocycles. The lowest BCUT2D eigenvalue weighted by Gasteiger charge is -2.09. The predicted molar refractivity (Wildman–Crippen MR) is 99.6 cm³/mol. The number of carbonyl (C=O) groups is 3. The Balaban J connectivity index is 1.78. The Bertz CT molecular complexity index is 830. The Morgan fingerprint density at radius 2 is 1.92 bits per heavy atom. The molecule has 26 heavy (non-hydrogen) atoms. The maximum atomic E-state index is 12.6. The minimum absolute atomic E-state index is 0.182. The average molecular weight is 372 g/mol. The smallest absolute Gasteiger partial charge is 0.414 e. The number of thiophene rings is 1. The van der Waals surface area contributed by atoms with Gasteiger partial charge in [0.25, 0.3) is 5.91 Å². The van der Waals surface area contributed by atoms with Crippen molar-refractivity contribution in [2.24, 2.45) is 0 Å². The van der Waals surface area contributed by atoms with Gasteiger partial charge in [-0.15, -0.1) is 11.3 Å². The van der Waals surface area contributed by atoms with E-state index in [1.165, 1.54) is 11.3 Å². The molecule has 1 aromatic heterocycles. The maximum absolute atomic E-state index is 12.6. The van der Waals surface area contributed by atoms with E-state index in [2.05, 4.69) is 10.6 Å². The fourth-order valence-electron chi connectivity index (χ4n) is 3.01. The minimum atomic E-state index is -0.781. The molecule has 2 N–H and O–H groups in total. The van der Waals surface area contributed by atoms with Crippen molar-refractivity contribution in [3.05, 3.63) is 51.9 Å². The first-order valence-corrected chi connectivity index (χ1v) is 9.36. The molecular weight excluding hydrogens is 352 g/mol. The Morgan fingerprint density at radius 3 is 2.65 bits per heavy atom. The Hall–Kier alpha value is -2.67. The van der Waals surface area contributed by atoms with Crippen LogP contribution in [0.2, 0.25) is 0 Å². The van der Waals surface area contributed by atoms with Crippen molar-refractivity contribution in [2.75, 3.05) is 11.9 Å². The first-order valence-electron chi connectivity index (χ1n) is 8.55. The second-order valence-electron chi connectivity index (χ2n) is 5.95. The molecule has 6 nitrogen and oxygen atoms in total. The van der Waals surface area contributed by atoms with E-state index >= 15 is 0 Å². The Kier molecular flexibility index (Phi) is 5.68. The van der Waals surface area contributed by atoms with Crippen molar-refractivity contribution < 1.29 is 19.1 Å². The van der Waals surface area contributed by atoms with Gasteiger partial charge >= 0.3 is 6.09 Å². The molecule has 1 heterocycles. The van der Waals surface area contributed by atoms with Gasteiger partial charge in [0.2, 0.25) is 5.91 Å². The molecule has 0 saturated carbocycles. The molecule has 7 heteroatoms. The highest BCUT2D eigenvalue weighted by atomic mass is 32.1. The van der Waals surface area contributed by atoms with E-state index in [0.717, 1.165) is 35.3 Å². The first kappa shape index (κ1) is 18.1. The van der Waals surface area contributed by atoms with Crippen LogP contribution in [0, 0.1) is 0 Å². The van der Waals surface area contributed by atoms with Gasteiger partial charge in [0.15, 0.2) is 0 Å². The number of ether oxygens (including phenoxy) is 1. The highest BCUT2D eigenvalue weighted by molar-refractivity contribution is 7.17.